The molecule has 2 aliphatic heterocycles. The number of hydrogen-bond donors (Lipinski definition) is 7. The number of aliphatic imine (C=N–C) groups is 1. The minimum Gasteiger partial charge on any atom is -0.493 e. The zero-order valence-corrected chi connectivity index (χ0v) is 31.8. The van der Waals surface area contributed by atoms with Crippen molar-refractivity contribution in [1.29, 1.82) is 0 Å². The van der Waals surface area contributed by atoms with Crippen LogP contribution in [0.3, 0.4) is 0 Å². The van der Waals surface area contributed by atoms with Crippen LogP contribution in [-0.2, 0) is 35.1 Å². The first-order chi connectivity index (χ1) is 26.7. The van der Waals surface area contributed by atoms with Crippen LogP contribution in [0.5, 0.6) is 11.5 Å². The molecule has 7 atom stereocenters. The number of carbonyl (C=O) groups is 6. The van der Waals surface area contributed by atoms with Gasteiger partial charge in [-0.25, -0.2) is 4.79 Å². The molecule has 1 aromatic carbocycles. The number of amides is 4. The fourth-order valence-corrected chi connectivity index (χ4v) is 8.18. The minimum atomic E-state index is -1.37. The van der Waals surface area contributed by atoms with Crippen molar-refractivity contribution in [3.8, 4) is 11.5 Å². The molecule has 5 rings (SSSR count). The Kier molecular flexibility index (Phi) is 13.6. The lowest BCUT2D eigenvalue weighted by molar-refractivity contribution is -0.144. The van der Waals surface area contributed by atoms with Crippen molar-refractivity contribution < 1.29 is 53.2 Å². The van der Waals surface area contributed by atoms with Gasteiger partial charge in [0, 0.05) is 37.2 Å². The molecule has 1 saturated heterocycles. The summed E-state index contributed by atoms with van der Waals surface area (Å²) in [6.07, 6.45) is 1.85. The van der Waals surface area contributed by atoms with Crippen molar-refractivity contribution in [1.82, 2.24) is 25.8 Å². The number of nitrogens with one attached hydrogen (secondary N) is 3. The summed E-state index contributed by atoms with van der Waals surface area (Å²) in [5.74, 6) is -3.88. The Bertz CT molecular complexity index is 1750. The van der Waals surface area contributed by atoms with Crippen LogP contribution in [0.15, 0.2) is 29.0 Å². The van der Waals surface area contributed by atoms with E-state index >= 15 is 0 Å². The highest BCUT2D eigenvalue weighted by atomic mass is 16.6. The van der Waals surface area contributed by atoms with Gasteiger partial charge in [-0.2, -0.15) is 0 Å². The van der Waals surface area contributed by atoms with E-state index in [1.165, 1.54) is 10.5 Å². The van der Waals surface area contributed by atoms with Crippen LogP contribution in [0.2, 0.25) is 0 Å². The van der Waals surface area contributed by atoms with Gasteiger partial charge in [-0.15, -0.1) is 0 Å². The monoisotopic (exact) mass is 784 g/mol. The number of piperidine rings is 1. The third kappa shape index (κ3) is 9.61. The normalized spacial score (nSPS) is 23.7. The molecule has 1 aromatic rings. The molecule has 19 heteroatoms. The molecule has 306 valence electrons. The summed E-state index contributed by atoms with van der Waals surface area (Å²) in [7, 11) is 3.69. The number of rotatable bonds is 17. The standard InChI is InChI=1S/C37H52N8O11/c1-4-44(2)24-15-19-7-9-25(54-3)32-30(19)31-22(24)8-10-26(33(31)56-32)55-37(53)45-13-11-20(35(51)52)14-21(45)17-42-34(50)23(6-5-12-40-36(38)39)43-28(47)18-41-27(46)16-29(48)49/h7,9-10,20-24,31,33H,4-6,8,11-18H2,1-3H3,(H,41,46)(H,42,50)(H,43,47)(H,48,49)(H,51,52)(H4,38,39,40)/t20?,21?,22-,23-,24+,31?,33-/m0/s1. The van der Waals surface area contributed by atoms with E-state index in [1.54, 1.807) is 7.11 Å². The lowest BCUT2D eigenvalue weighted by Crippen LogP contribution is -2.55. The highest BCUT2D eigenvalue weighted by Gasteiger charge is 2.53. The SMILES string of the molecule is CCN(C)[C@@H]1Cc2ccc(OC)c3c2C2[C@H]1CC=C(OC(=O)N1CCC(C(=O)O)CC1CNC(=O)[C@H](CCCN=C(N)N)NC(=O)CNC(=O)CC(=O)O)[C@@H]2O3. The Balaban J connectivity index is 1.29. The lowest BCUT2D eigenvalue weighted by atomic mass is 9.66. The summed E-state index contributed by atoms with van der Waals surface area (Å²) in [5.41, 5.74) is 13.0. The predicted octanol–water partition coefficient (Wildman–Crippen LogP) is -0.133. The number of benzene rings is 1. The number of carboxylic acid groups (broad SMARTS) is 2. The fraction of sp³-hybridized carbons (Fsp3) is 0.595. The third-order valence-electron chi connectivity index (χ3n) is 11.1. The number of carboxylic acids is 2. The van der Waals surface area contributed by atoms with E-state index in [9.17, 15) is 33.9 Å². The first-order valence-corrected chi connectivity index (χ1v) is 18.8. The number of hydrogen-bond acceptors (Lipinski definition) is 11. The number of carbonyl (C=O) groups excluding carboxylic acids is 4. The van der Waals surface area contributed by atoms with E-state index in [0.717, 1.165) is 18.5 Å². The van der Waals surface area contributed by atoms with Crippen LogP contribution in [0.25, 0.3) is 0 Å². The lowest BCUT2D eigenvalue weighted by Gasteiger charge is -2.44. The van der Waals surface area contributed by atoms with E-state index in [0.29, 0.717) is 23.7 Å². The van der Waals surface area contributed by atoms with Crippen molar-refractivity contribution in [2.45, 2.75) is 82.0 Å². The van der Waals surface area contributed by atoms with Crippen LogP contribution >= 0.6 is 0 Å². The van der Waals surface area contributed by atoms with E-state index in [-0.39, 0.29) is 69.2 Å². The van der Waals surface area contributed by atoms with Gasteiger partial charge in [0.15, 0.2) is 23.6 Å². The Hall–Kier alpha value is -5.59. The van der Waals surface area contributed by atoms with Gasteiger partial charge in [0.2, 0.25) is 17.7 Å². The molecule has 2 aliphatic carbocycles. The maximum Gasteiger partial charge on any atom is 0.415 e. The first-order valence-electron chi connectivity index (χ1n) is 18.8. The smallest absolute Gasteiger partial charge is 0.415 e. The number of likely N-dealkylation sites (tertiary alicyclic amines) is 1. The number of nitrogens with two attached hydrogens (primary N) is 2. The van der Waals surface area contributed by atoms with Gasteiger partial charge in [-0.05, 0) is 75.7 Å². The summed E-state index contributed by atoms with van der Waals surface area (Å²) >= 11 is 0. The number of nitrogens with zero attached hydrogens (tertiary/aromatic N) is 3. The van der Waals surface area contributed by atoms with Gasteiger partial charge in [-0.1, -0.05) is 13.0 Å². The zero-order chi connectivity index (χ0) is 40.7. The number of ether oxygens (including phenoxy) is 3. The van der Waals surface area contributed by atoms with Gasteiger partial charge in [0.05, 0.1) is 25.6 Å². The summed E-state index contributed by atoms with van der Waals surface area (Å²) in [5, 5.41) is 26.1. The van der Waals surface area contributed by atoms with Crippen molar-refractivity contribution in [2.75, 3.05) is 46.9 Å². The van der Waals surface area contributed by atoms with E-state index in [4.69, 9.17) is 30.8 Å². The Morgan fingerprint density at radius 3 is 2.57 bits per heavy atom. The Morgan fingerprint density at radius 1 is 1.12 bits per heavy atom. The van der Waals surface area contributed by atoms with Gasteiger partial charge in [0.1, 0.15) is 18.2 Å². The number of allylic oxidation sites excluding steroid dienone is 1. The number of likely N-dealkylation sites (N-methyl/N-ethyl adjacent to an activating group) is 1. The average molecular weight is 785 g/mol. The molecule has 19 nitrogen and oxygen atoms in total. The zero-order valence-electron chi connectivity index (χ0n) is 31.8. The summed E-state index contributed by atoms with van der Waals surface area (Å²) in [6.45, 7) is 2.45. The van der Waals surface area contributed by atoms with Crippen LogP contribution in [-0.4, -0.2) is 133 Å². The van der Waals surface area contributed by atoms with E-state index in [2.05, 4.69) is 45.9 Å². The highest BCUT2D eigenvalue weighted by Crippen LogP contribution is 2.57. The molecule has 0 saturated carbocycles. The molecule has 9 N–H and O–H groups in total. The largest absolute Gasteiger partial charge is 0.493 e. The quantitative estimate of drug-likeness (QED) is 0.0469. The molecule has 1 fully saturated rings. The second kappa shape index (κ2) is 18.4. The van der Waals surface area contributed by atoms with Crippen LogP contribution in [0.1, 0.15) is 62.5 Å². The number of methoxy groups -OCH3 is 1. The van der Waals surface area contributed by atoms with Crippen molar-refractivity contribution in [3.63, 3.8) is 0 Å². The molecule has 0 radical (unpaired) electrons. The number of guanidine groups is 1. The van der Waals surface area contributed by atoms with Crippen LogP contribution in [0.4, 0.5) is 4.79 Å². The Labute approximate surface area is 324 Å². The summed E-state index contributed by atoms with van der Waals surface area (Å²) in [4.78, 5) is 82.4. The summed E-state index contributed by atoms with van der Waals surface area (Å²) in [6, 6.07) is 2.30. The second-order valence-electron chi connectivity index (χ2n) is 14.5. The van der Waals surface area contributed by atoms with Crippen molar-refractivity contribution >= 4 is 41.7 Å². The topological polar surface area (TPSA) is 278 Å². The summed E-state index contributed by atoms with van der Waals surface area (Å²) < 4.78 is 18.3. The van der Waals surface area contributed by atoms with Gasteiger partial charge >= 0.3 is 18.0 Å². The number of aliphatic carboxylic acids is 2. The van der Waals surface area contributed by atoms with Gasteiger partial charge < -0.3 is 61.6 Å². The van der Waals surface area contributed by atoms with Crippen molar-refractivity contribution in [2.24, 2.45) is 28.3 Å². The van der Waals surface area contributed by atoms with Crippen LogP contribution in [0, 0.1) is 11.8 Å². The second-order valence-corrected chi connectivity index (χ2v) is 14.5. The van der Waals surface area contributed by atoms with E-state index < -0.39 is 72.8 Å². The molecule has 0 aromatic heterocycles. The van der Waals surface area contributed by atoms with E-state index in [1.807, 2.05) is 12.1 Å². The van der Waals surface area contributed by atoms with Gasteiger partial charge in [0.25, 0.3) is 0 Å². The highest BCUT2D eigenvalue weighted by molar-refractivity contribution is 5.95. The molecule has 0 bridgehead atoms. The average Bonchev–Trinajstić information content (AvgIpc) is 3.58. The molecule has 2 heterocycles. The molecule has 4 aliphatic rings. The molecular formula is C37H52N8O11. The first kappa shape index (κ1) is 41.6. The Morgan fingerprint density at radius 2 is 1.89 bits per heavy atom. The maximum atomic E-state index is 14.0. The minimum absolute atomic E-state index is 0.0303. The third-order valence-corrected chi connectivity index (χ3v) is 11.1. The van der Waals surface area contributed by atoms with Crippen LogP contribution < -0.4 is 36.9 Å². The predicted molar refractivity (Wildman–Crippen MR) is 200 cm³/mol. The van der Waals surface area contributed by atoms with Crippen molar-refractivity contribution in [3.05, 3.63) is 35.1 Å². The molecule has 3 unspecified atom stereocenters. The maximum absolute atomic E-state index is 14.0. The fourth-order valence-electron chi connectivity index (χ4n) is 8.18. The molecule has 0 spiro atoms. The molecule has 56 heavy (non-hydrogen) atoms. The molecular weight excluding hydrogens is 732 g/mol. The van der Waals surface area contributed by atoms with Gasteiger partial charge in [-0.3, -0.25) is 29.0 Å². The molecule has 4 amide bonds.